The van der Waals surface area contributed by atoms with Crippen LogP contribution in [0.3, 0.4) is 0 Å². The number of benzene rings is 2. The van der Waals surface area contributed by atoms with Crippen molar-refractivity contribution in [3.8, 4) is 0 Å². The van der Waals surface area contributed by atoms with Crippen molar-refractivity contribution < 1.29 is 9.59 Å². The Balaban J connectivity index is 2.39. The third kappa shape index (κ3) is 2.91. The number of hydrogen-bond acceptors (Lipinski definition) is 3. The molecule has 19 heavy (non-hydrogen) atoms. The van der Waals surface area contributed by atoms with E-state index < -0.39 is 0 Å². The molecule has 0 spiro atoms. The van der Waals surface area contributed by atoms with Crippen LogP contribution < -0.4 is 10.6 Å². The van der Waals surface area contributed by atoms with Gasteiger partial charge in [-0.05, 0) is 35.9 Å². The maximum Gasteiger partial charge on any atom is 0.236 e. The summed E-state index contributed by atoms with van der Waals surface area (Å²) in [5.74, 6) is -0.314. The molecular formula is C15H16N2O2. The van der Waals surface area contributed by atoms with E-state index in [0.29, 0.717) is 5.56 Å². The zero-order valence-corrected chi connectivity index (χ0v) is 11.0. The molecule has 4 heteroatoms. The van der Waals surface area contributed by atoms with Gasteiger partial charge in [-0.2, -0.15) is 0 Å². The maximum atomic E-state index is 11.3. The molecule has 0 aromatic heterocycles. The van der Waals surface area contributed by atoms with E-state index in [-0.39, 0.29) is 18.2 Å². The lowest BCUT2D eigenvalue weighted by Crippen LogP contribution is -2.30. The minimum absolute atomic E-state index is 0.0526. The number of amides is 1. The summed E-state index contributed by atoms with van der Waals surface area (Å²) in [6.45, 7) is 1.73. The van der Waals surface area contributed by atoms with Crippen LogP contribution >= 0.6 is 0 Å². The summed E-state index contributed by atoms with van der Waals surface area (Å²) in [6, 6.07) is 11.4. The fraction of sp³-hybridized carbons (Fsp3) is 0.200. The molecule has 4 nitrogen and oxygen atoms in total. The number of fused-ring (bicyclic) bond motifs is 1. The summed E-state index contributed by atoms with van der Waals surface area (Å²) in [6.07, 6.45) is 0. The second kappa shape index (κ2) is 5.10. The van der Waals surface area contributed by atoms with Gasteiger partial charge in [0.2, 0.25) is 5.91 Å². The Morgan fingerprint density at radius 2 is 1.74 bits per heavy atom. The molecule has 0 fully saturated rings. The molecule has 0 aliphatic heterocycles. The SMILES string of the molecule is CC(=O)c1ccc2cc(N(C)CC(N)=O)ccc2c1. The van der Waals surface area contributed by atoms with Gasteiger partial charge in [0, 0.05) is 18.3 Å². The molecule has 2 N–H and O–H groups in total. The maximum absolute atomic E-state index is 11.3. The molecule has 1 amide bonds. The smallest absolute Gasteiger partial charge is 0.236 e. The number of ketones is 1. The third-order valence-electron chi connectivity index (χ3n) is 3.06. The molecule has 0 unspecified atom stereocenters. The van der Waals surface area contributed by atoms with Crippen molar-refractivity contribution in [2.24, 2.45) is 5.73 Å². The van der Waals surface area contributed by atoms with Crippen LogP contribution in [0.1, 0.15) is 17.3 Å². The van der Waals surface area contributed by atoms with Gasteiger partial charge in [0.05, 0.1) is 6.54 Å². The van der Waals surface area contributed by atoms with Gasteiger partial charge in [-0.25, -0.2) is 0 Å². The molecule has 0 saturated carbocycles. The largest absolute Gasteiger partial charge is 0.368 e. The summed E-state index contributed by atoms with van der Waals surface area (Å²) in [4.78, 5) is 24.0. The number of likely N-dealkylation sites (N-methyl/N-ethyl adjacent to an activating group) is 1. The van der Waals surface area contributed by atoms with E-state index in [4.69, 9.17) is 5.73 Å². The molecular weight excluding hydrogens is 240 g/mol. The molecule has 98 valence electrons. The van der Waals surface area contributed by atoms with Crippen LogP contribution in [0, 0.1) is 0 Å². The lowest BCUT2D eigenvalue weighted by Gasteiger charge is -2.17. The van der Waals surface area contributed by atoms with Gasteiger partial charge in [0.15, 0.2) is 5.78 Å². The topological polar surface area (TPSA) is 63.4 Å². The Kier molecular flexibility index (Phi) is 3.51. The van der Waals surface area contributed by atoms with Crippen LogP contribution in [0.25, 0.3) is 10.8 Å². The monoisotopic (exact) mass is 256 g/mol. The minimum Gasteiger partial charge on any atom is -0.368 e. The first kappa shape index (κ1) is 13.1. The third-order valence-corrected chi connectivity index (χ3v) is 3.06. The number of nitrogens with zero attached hydrogens (tertiary/aromatic N) is 1. The average Bonchev–Trinajstić information content (AvgIpc) is 2.36. The predicted octanol–water partition coefficient (Wildman–Crippen LogP) is 1.96. The number of carbonyl (C=O) groups is 2. The van der Waals surface area contributed by atoms with Crippen LogP contribution in [0.5, 0.6) is 0 Å². The highest BCUT2D eigenvalue weighted by Gasteiger charge is 2.06. The van der Waals surface area contributed by atoms with Crippen molar-refractivity contribution in [3.63, 3.8) is 0 Å². The number of rotatable bonds is 4. The lowest BCUT2D eigenvalue weighted by molar-refractivity contribution is -0.116. The summed E-state index contributed by atoms with van der Waals surface area (Å²) in [5.41, 5.74) is 6.80. The Morgan fingerprint density at radius 1 is 1.11 bits per heavy atom. The zero-order valence-electron chi connectivity index (χ0n) is 11.0. The van der Waals surface area contributed by atoms with E-state index in [2.05, 4.69) is 0 Å². The first-order chi connectivity index (χ1) is 8.97. The average molecular weight is 256 g/mol. The quantitative estimate of drug-likeness (QED) is 0.850. The number of nitrogens with two attached hydrogens (primary N) is 1. The van der Waals surface area contributed by atoms with Gasteiger partial charge in [0.25, 0.3) is 0 Å². The highest BCUT2D eigenvalue weighted by atomic mass is 16.1. The summed E-state index contributed by atoms with van der Waals surface area (Å²) >= 11 is 0. The van der Waals surface area contributed by atoms with Gasteiger partial charge >= 0.3 is 0 Å². The van der Waals surface area contributed by atoms with Crippen LogP contribution in [0.4, 0.5) is 5.69 Å². The second-order valence-corrected chi connectivity index (χ2v) is 4.62. The van der Waals surface area contributed by atoms with Crippen molar-refractivity contribution >= 4 is 28.2 Å². The Morgan fingerprint density at radius 3 is 2.37 bits per heavy atom. The van der Waals surface area contributed by atoms with Crippen LogP contribution in [-0.4, -0.2) is 25.3 Å². The molecule has 2 aromatic carbocycles. The van der Waals surface area contributed by atoms with Crippen molar-refractivity contribution in [2.45, 2.75) is 6.92 Å². The van der Waals surface area contributed by atoms with Crippen LogP contribution in [0.15, 0.2) is 36.4 Å². The zero-order chi connectivity index (χ0) is 14.0. The Labute approximate surface area is 111 Å². The highest BCUT2D eigenvalue weighted by molar-refractivity contribution is 5.99. The van der Waals surface area contributed by atoms with E-state index in [1.165, 1.54) is 0 Å². The molecule has 0 aliphatic carbocycles. The van der Waals surface area contributed by atoms with E-state index >= 15 is 0 Å². The Bertz CT molecular complexity index is 650. The number of carbonyl (C=O) groups excluding carboxylic acids is 2. The van der Waals surface area contributed by atoms with Gasteiger partial charge in [-0.15, -0.1) is 0 Å². The van der Waals surface area contributed by atoms with Crippen molar-refractivity contribution in [1.29, 1.82) is 0 Å². The standard InChI is InChI=1S/C15H16N2O2/c1-10(18)11-3-4-13-8-14(6-5-12(13)7-11)17(2)9-15(16)19/h3-8H,9H2,1-2H3,(H2,16,19). The first-order valence-corrected chi connectivity index (χ1v) is 6.01. The number of primary amides is 1. The minimum atomic E-state index is -0.366. The van der Waals surface area contributed by atoms with Crippen molar-refractivity contribution in [3.05, 3.63) is 42.0 Å². The summed E-state index contributed by atoms with van der Waals surface area (Å²) in [5, 5.41) is 2.03. The van der Waals surface area contributed by atoms with Gasteiger partial charge in [0.1, 0.15) is 0 Å². The molecule has 2 rings (SSSR count). The van der Waals surface area contributed by atoms with Gasteiger partial charge < -0.3 is 10.6 Å². The van der Waals surface area contributed by atoms with Crippen LogP contribution in [-0.2, 0) is 4.79 Å². The fourth-order valence-corrected chi connectivity index (χ4v) is 2.01. The lowest BCUT2D eigenvalue weighted by atomic mass is 10.0. The normalized spacial score (nSPS) is 10.4. The number of hydrogen-bond donors (Lipinski definition) is 1. The second-order valence-electron chi connectivity index (χ2n) is 4.62. The van der Waals surface area contributed by atoms with E-state index in [1.807, 2.05) is 43.4 Å². The highest BCUT2D eigenvalue weighted by Crippen LogP contribution is 2.22. The summed E-state index contributed by atoms with van der Waals surface area (Å²) in [7, 11) is 1.82. The van der Waals surface area contributed by atoms with Gasteiger partial charge in [-0.1, -0.05) is 18.2 Å². The fourth-order valence-electron chi connectivity index (χ4n) is 2.01. The molecule has 0 saturated heterocycles. The van der Waals surface area contributed by atoms with Crippen LogP contribution in [0.2, 0.25) is 0 Å². The summed E-state index contributed by atoms with van der Waals surface area (Å²) < 4.78 is 0. The van der Waals surface area contributed by atoms with Crippen molar-refractivity contribution in [1.82, 2.24) is 0 Å². The predicted molar refractivity (Wildman–Crippen MR) is 76.4 cm³/mol. The molecule has 2 aromatic rings. The molecule has 0 atom stereocenters. The van der Waals surface area contributed by atoms with E-state index in [1.54, 1.807) is 11.8 Å². The van der Waals surface area contributed by atoms with E-state index in [0.717, 1.165) is 16.5 Å². The van der Waals surface area contributed by atoms with E-state index in [9.17, 15) is 9.59 Å². The molecule has 0 radical (unpaired) electrons. The molecule has 0 aliphatic rings. The number of Topliss-reactive ketones (excluding diaryl/α,β-unsaturated/α-hetero) is 1. The molecule has 0 bridgehead atoms. The van der Waals surface area contributed by atoms with Crippen molar-refractivity contribution in [2.75, 3.05) is 18.5 Å². The first-order valence-electron chi connectivity index (χ1n) is 6.01. The molecule has 0 heterocycles. The number of anilines is 1. The van der Waals surface area contributed by atoms with Gasteiger partial charge in [-0.3, -0.25) is 9.59 Å². The Hall–Kier alpha value is -2.36.